The maximum atomic E-state index is 4.98. The van der Waals surface area contributed by atoms with E-state index in [1.807, 2.05) is 0 Å². The summed E-state index contributed by atoms with van der Waals surface area (Å²) in [6.07, 6.45) is 6.57. The van der Waals surface area contributed by atoms with E-state index in [2.05, 4.69) is 29.5 Å². The molecule has 0 saturated carbocycles. The SMILES string of the molecule is CN=C(NCCCCCCC(C)C)NCCOC. The summed E-state index contributed by atoms with van der Waals surface area (Å²) < 4.78 is 4.98. The van der Waals surface area contributed by atoms with Crippen LogP contribution in [-0.2, 0) is 4.74 Å². The first kappa shape index (κ1) is 17.2. The van der Waals surface area contributed by atoms with Crippen molar-refractivity contribution < 1.29 is 4.74 Å². The quantitative estimate of drug-likeness (QED) is 0.359. The molecule has 0 saturated heterocycles. The molecule has 0 aromatic carbocycles. The Morgan fingerprint density at radius 1 is 1.06 bits per heavy atom. The fourth-order valence-electron chi connectivity index (χ4n) is 1.73. The highest BCUT2D eigenvalue weighted by Crippen LogP contribution is 2.08. The van der Waals surface area contributed by atoms with Gasteiger partial charge < -0.3 is 15.4 Å². The third-order valence-electron chi connectivity index (χ3n) is 2.82. The van der Waals surface area contributed by atoms with Crippen LogP contribution in [0, 0.1) is 5.92 Å². The van der Waals surface area contributed by atoms with Crippen LogP contribution in [0.4, 0.5) is 0 Å². The fourth-order valence-corrected chi connectivity index (χ4v) is 1.73. The Kier molecular flexibility index (Phi) is 12.1. The number of hydrogen-bond donors (Lipinski definition) is 2. The van der Waals surface area contributed by atoms with Crippen molar-refractivity contribution in [2.45, 2.75) is 46.0 Å². The summed E-state index contributed by atoms with van der Waals surface area (Å²) in [5.74, 6) is 1.71. The highest BCUT2D eigenvalue weighted by molar-refractivity contribution is 5.79. The molecule has 4 heteroatoms. The fraction of sp³-hybridized carbons (Fsp3) is 0.929. The monoisotopic (exact) mass is 257 g/mol. The molecule has 0 fully saturated rings. The minimum atomic E-state index is 0.704. The number of guanidine groups is 1. The zero-order valence-electron chi connectivity index (χ0n) is 12.6. The van der Waals surface area contributed by atoms with Gasteiger partial charge in [0.1, 0.15) is 0 Å². The van der Waals surface area contributed by atoms with Gasteiger partial charge in [0.05, 0.1) is 6.61 Å². The maximum Gasteiger partial charge on any atom is 0.191 e. The van der Waals surface area contributed by atoms with Crippen LogP contribution in [0.15, 0.2) is 4.99 Å². The minimum Gasteiger partial charge on any atom is -0.383 e. The van der Waals surface area contributed by atoms with Crippen LogP contribution < -0.4 is 10.6 Å². The summed E-state index contributed by atoms with van der Waals surface area (Å²) in [5, 5.41) is 6.51. The number of ether oxygens (including phenoxy) is 1. The molecule has 0 radical (unpaired) electrons. The van der Waals surface area contributed by atoms with Gasteiger partial charge in [0.2, 0.25) is 0 Å². The number of methoxy groups -OCH3 is 1. The van der Waals surface area contributed by atoms with E-state index in [9.17, 15) is 0 Å². The van der Waals surface area contributed by atoms with E-state index in [1.165, 1.54) is 32.1 Å². The van der Waals surface area contributed by atoms with Crippen LogP contribution in [0.25, 0.3) is 0 Å². The maximum absolute atomic E-state index is 4.98. The molecule has 2 N–H and O–H groups in total. The molecule has 0 spiro atoms. The van der Waals surface area contributed by atoms with Gasteiger partial charge in [-0.25, -0.2) is 0 Å². The van der Waals surface area contributed by atoms with E-state index in [4.69, 9.17) is 4.74 Å². The standard InChI is InChI=1S/C14H31N3O/c1-13(2)9-7-5-6-8-10-16-14(15-3)17-11-12-18-4/h13H,5-12H2,1-4H3,(H2,15,16,17). The van der Waals surface area contributed by atoms with Crippen LogP contribution >= 0.6 is 0 Å². The molecule has 0 rings (SSSR count). The van der Waals surface area contributed by atoms with E-state index in [1.54, 1.807) is 14.2 Å². The Morgan fingerprint density at radius 3 is 2.33 bits per heavy atom. The topological polar surface area (TPSA) is 45.7 Å². The van der Waals surface area contributed by atoms with Crippen molar-refractivity contribution in [3.05, 3.63) is 0 Å². The Balaban J connectivity index is 3.35. The number of rotatable bonds is 10. The van der Waals surface area contributed by atoms with Crippen molar-refractivity contribution in [3.63, 3.8) is 0 Å². The van der Waals surface area contributed by atoms with E-state index < -0.39 is 0 Å². The van der Waals surface area contributed by atoms with Gasteiger partial charge in [-0.2, -0.15) is 0 Å². The second-order valence-electron chi connectivity index (χ2n) is 5.02. The van der Waals surface area contributed by atoms with Gasteiger partial charge >= 0.3 is 0 Å². The number of nitrogens with one attached hydrogen (secondary N) is 2. The summed E-state index contributed by atoms with van der Waals surface area (Å²) in [6.45, 7) is 7.07. The third kappa shape index (κ3) is 11.7. The van der Waals surface area contributed by atoms with Gasteiger partial charge in [0.15, 0.2) is 5.96 Å². The van der Waals surface area contributed by atoms with E-state index in [0.717, 1.165) is 25.0 Å². The molecular formula is C14H31N3O. The van der Waals surface area contributed by atoms with Gasteiger partial charge in [0.25, 0.3) is 0 Å². The Hall–Kier alpha value is -0.770. The number of hydrogen-bond acceptors (Lipinski definition) is 2. The van der Waals surface area contributed by atoms with Crippen molar-refractivity contribution in [2.24, 2.45) is 10.9 Å². The van der Waals surface area contributed by atoms with Gasteiger partial charge in [-0.15, -0.1) is 0 Å². The molecule has 0 unspecified atom stereocenters. The lowest BCUT2D eigenvalue weighted by Gasteiger charge is -2.11. The second-order valence-corrected chi connectivity index (χ2v) is 5.02. The van der Waals surface area contributed by atoms with E-state index in [-0.39, 0.29) is 0 Å². The van der Waals surface area contributed by atoms with Crippen LogP contribution in [-0.4, -0.2) is 39.8 Å². The van der Waals surface area contributed by atoms with Crippen molar-refractivity contribution in [1.29, 1.82) is 0 Å². The van der Waals surface area contributed by atoms with Gasteiger partial charge in [0, 0.05) is 27.2 Å². The van der Waals surface area contributed by atoms with Gasteiger partial charge in [-0.1, -0.05) is 39.5 Å². The summed E-state index contributed by atoms with van der Waals surface area (Å²) in [5.41, 5.74) is 0. The number of aliphatic imine (C=N–C) groups is 1. The Labute approximate surface area is 113 Å². The van der Waals surface area contributed by atoms with Crippen molar-refractivity contribution >= 4 is 5.96 Å². The molecule has 108 valence electrons. The minimum absolute atomic E-state index is 0.704. The molecule has 0 aromatic heterocycles. The highest BCUT2D eigenvalue weighted by Gasteiger charge is 1.97. The lowest BCUT2D eigenvalue weighted by Crippen LogP contribution is -2.39. The lowest BCUT2D eigenvalue weighted by atomic mass is 10.0. The van der Waals surface area contributed by atoms with Gasteiger partial charge in [-0.3, -0.25) is 4.99 Å². The molecule has 0 amide bonds. The molecule has 18 heavy (non-hydrogen) atoms. The lowest BCUT2D eigenvalue weighted by molar-refractivity contribution is 0.203. The predicted molar refractivity (Wildman–Crippen MR) is 79.2 cm³/mol. The number of unbranched alkanes of at least 4 members (excludes halogenated alkanes) is 3. The first-order valence-electron chi connectivity index (χ1n) is 7.14. The van der Waals surface area contributed by atoms with Crippen LogP contribution in [0.1, 0.15) is 46.0 Å². The average molecular weight is 257 g/mol. The zero-order chi connectivity index (χ0) is 13.6. The van der Waals surface area contributed by atoms with Crippen LogP contribution in [0.3, 0.4) is 0 Å². The van der Waals surface area contributed by atoms with E-state index in [0.29, 0.717) is 6.61 Å². The van der Waals surface area contributed by atoms with Crippen molar-refractivity contribution in [1.82, 2.24) is 10.6 Å². The largest absolute Gasteiger partial charge is 0.383 e. The van der Waals surface area contributed by atoms with Crippen LogP contribution in [0.2, 0.25) is 0 Å². The first-order chi connectivity index (χ1) is 8.70. The molecule has 0 aliphatic rings. The molecule has 0 aromatic rings. The summed E-state index contributed by atoms with van der Waals surface area (Å²) >= 11 is 0. The molecular weight excluding hydrogens is 226 g/mol. The summed E-state index contributed by atoms with van der Waals surface area (Å²) in [6, 6.07) is 0. The molecule has 0 aliphatic carbocycles. The third-order valence-corrected chi connectivity index (χ3v) is 2.82. The molecule has 4 nitrogen and oxygen atoms in total. The zero-order valence-corrected chi connectivity index (χ0v) is 12.6. The predicted octanol–water partition coefficient (Wildman–Crippen LogP) is 2.40. The average Bonchev–Trinajstić information content (AvgIpc) is 2.35. The first-order valence-corrected chi connectivity index (χ1v) is 7.14. The molecule has 0 atom stereocenters. The molecule has 0 aliphatic heterocycles. The van der Waals surface area contributed by atoms with Crippen LogP contribution in [0.5, 0.6) is 0 Å². The Bertz CT molecular complexity index is 205. The molecule has 0 heterocycles. The second kappa shape index (κ2) is 12.7. The van der Waals surface area contributed by atoms with Gasteiger partial charge in [-0.05, 0) is 12.3 Å². The smallest absolute Gasteiger partial charge is 0.191 e. The molecule has 0 bridgehead atoms. The summed E-state index contributed by atoms with van der Waals surface area (Å²) in [4.78, 5) is 4.16. The number of nitrogens with zero attached hydrogens (tertiary/aromatic N) is 1. The van der Waals surface area contributed by atoms with E-state index >= 15 is 0 Å². The summed E-state index contributed by atoms with van der Waals surface area (Å²) in [7, 11) is 3.50. The normalized spacial score (nSPS) is 11.9. The van der Waals surface area contributed by atoms with Crippen molar-refractivity contribution in [3.8, 4) is 0 Å². The Morgan fingerprint density at radius 2 is 1.72 bits per heavy atom. The van der Waals surface area contributed by atoms with Crippen molar-refractivity contribution in [2.75, 3.05) is 33.9 Å². The highest BCUT2D eigenvalue weighted by atomic mass is 16.5.